The number of urea groups is 1. The number of anilines is 1. The zero-order valence-electron chi connectivity index (χ0n) is 10.5. The van der Waals surface area contributed by atoms with Gasteiger partial charge in [-0.05, 0) is 32.0 Å². The highest BCUT2D eigenvalue weighted by atomic mass is 79.9. The van der Waals surface area contributed by atoms with Crippen molar-refractivity contribution in [3.8, 4) is 0 Å². The first kappa shape index (κ1) is 15.8. The van der Waals surface area contributed by atoms with Gasteiger partial charge in [0, 0.05) is 10.0 Å². The smallest absolute Gasteiger partial charge is 0.319 e. The first-order valence-corrected chi connectivity index (χ1v) is 6.63. The Morgan fingerprint density at radius 3 is 2.58 bits per heavy atom. The summed E-state index contributed by atoms with van der Waals surface area (Å²) < 4.78 is 0.801. The van der Waals surface area contributed by atoms with Gasteiger partial charge in [0.1, 0.15) is 0 Å². The van der Waals surface area contributed by atoms with Crippen LogP contribution in [0.5, 0.6) is 0 Å². The Hall–Kier alpha value is -1.27. The van der Waals surface area contributed by atoms with Crippen LogP contribution in [-0.4, -0.2) is 22.6 Å². The molecule has 0 aliphatic carbocycles. The van der Waals surface area contributed by atoms with Crippen molar-refractivity contribution in [1.82, 2.24) is 5.32 Å². The third-order valence-corrected chi connectivity index (χ3v) is 3.03. The van der Waals surface area contributed by atoms with Gasteiger partial charge in [-0.15, -0.1) is 0 Å². The lowest BCUT2D eigenvalue weighted by Crippen LogP contribution is -2.46. The molecule has 0 aliphatic heterocycles. The van der Waals surface area contributed by atoms with Crippen molar-refractivity contribution in [2.24, 2.45) is 0 Å². The van der Waals surface area contributed by atoms with Crippen molar-refractivity contribution in [3.63, 3.8) is 0 Å². The molecule has 7 heteroatoms. The number of nitrogens with one attached hydrogen (secondary N) is 2. The standard InChI is InChI=1S/C12H14BrClN2O3/c1-12(2,6-10(17)18)16-11(19)15-9-4-3-7(13)5-8(9)14/h3-5H,6H2,1-2H3,(H,17,18)(H2,15,16,19). The zero-order valence-corrected chi connectivity index (χ0v) is 12.8. The van der Waals surface area contributed by atoms with Gasteiger partial charge in [0.05, 0.1) is 17.1 Å². The first-order chi connectivity index (χ1) is 8.69. The molecule has 0 aromatic heterocycles. The maximum absolute atomic E-state index is 11.8. The van der Waals surface area contributed by atoms with Crippen LogP contribution < -0.4 is 10.6 Å². The van der Waals surface area contributed by atoms with E-state index < -0.39 is 17.5 Å². The van der Waals surface area contributed by atoms with E-state index in [0.29, 0.717) is 10.7 Å². The molecule has 0 saturated carbocycles. The molecule has 19 heavy (non-hydrogen) atoms. The number of halogens is 2. The van der Waals surface area contributed by atoms with Crippen LogP contribution in [0.15, 0.2) is 22.7 Å². The Balaban J connectivity index is 2.67. The normalized spacial score (nSPS) is 10.9. The largest absolute Gasteiger partial charge is 0.481 e. The predicted molar refractivity (Wildman–Crippen MR) is 77.6 cm³/mol. The molecule has 5 nitrogen and oxygen atoms in total. The van der Waals surface area contributed by atoms with Crippen molar-refractivity contribution >= 4 is 45.2 Å². The van der Waals surface area contributed by atoms with Crippen molar-refractivity contribution in [2.45, 2.75) is 25.8 Å². The third kappa shape index (κ3) is 5.48. The number of rotatable bonds is 4. The van der Waals surface area contributed by atoms with Crippen LogP contribution in [0.3, 0.4) is 0 Å². The summed E-state index contributed by atoms with van der Waals surface area (Å²) in [6.45, 7) is 3.26. The molecule has 1 rings (SSSR count). The van der Waals surface area contributed by atoms with Crippen LogP contribution in [0.1, 0.15) is 20.3 Å². The Bertz CT molecular complexity index is 506. The van der Waals surface area contributed by atoms with Gasteiger partial charge in [-0.3, -0.25) is 4.79 Å². The van der Waals surface area contributed by atoms with Crippen LogP contribution in [0.25, 0.3) is 0 Å². The van der Waals surface area contributed by atoms with Crippen LogP contribution in [-0.2, 0) is 4.79 Å². The fourth-order valence-corrected chi connectivity index (χ4v) is 2.19. The molecule has 0 unspecified atom stereocenters. The molecule has 0 bridgehead atoms. The average molecular weight is 350 g/mol. The lowest BCUT2D eigenvalue weighted by Gasteiger charge is -2.24. The number of hydrogen-bond donors (Lipinski definition) is 3. The fourth-order valence-electron chi connectivity index (χ4n) is 1.47. The van der Waals surface area contributed by atoms with E-state index >= 15 is 0 Å². The molecular formula is C12H14BrClN2O3. The van der Waals surface area contributed by atoms with Crippen molar-refractivity contribution in [1.29, 1.82) is 0 Å². The Kier molecular flexibility index (Phi) is 5.20. The highest BCUT2D eigenvalue weighted by molar-refractivity contribution is 9.10. The summed E-state index contributed by atoms with van der Waals surface area (Å²) >= 11 is 9.22. The van der Waals surface area contributed by atoms with Crippen molar-refractivity contribution in [2.75, 3.05) is 5.32 Å². The van der Waals surface area contributed by atoms with Gasteiger partial charge in [-0.2, -0.15) is 0 Å². The van der Waals surface area contributed by atoms with Gasteiger partial charge in [0.25, 0.3) is 0 Å². The molecule has 1 aromatic carbocycles. The van der Waals surface area contributed by atoms with Gasteiger partial charge in [-0.25, -0.2) is 4.79 Å². The lowest BCUT2D eigenvalue weighted by molar-refractivity contribution is -0.138. The van der Waals surface area contributed by atoms with Gasteiger partial charge in [-0.1, -0.05) is 27.5 Å². The lowest BCUT2D eigenvalue weighted by atomic mass is 10.0. The van der Waals surface area contributed by atoms with E-state index in [0.717, 1.165) is 4.47 Å². The number of amides is 2. The minimum Gasteiger partial charge on any atom is -0.481 e. The molecule has 0 heterocycles. The Morgan fingerprint density at radius 2 is 2.05 bits per heavy atom. The van der Waals surface area contributed by atoms with E-state index in [-0.39, 0.29) is 6.42 Å². The third-order valence-electron chi connectivity index (χ3n) is 2.22. The highest BCUT2D eigenvalue weighted by Crippen LogP contribution is 2.25. The number of hydrogen-bond acceptors (Lipinski definition) is 2. The summed E-state index contributed by atoms with van der Waals surface area (Å²) in [5.41, 5.74) is -0.397. The molecule has 104 valence electrons. The Labute approximate surface area is 124 Å². The molecule has 1 aromatic rings. The van der Waals surface area contributed by atoms with Crippen molar-refractivity contribution in [3.05, 3.63) is 27.7 Å². The average Bonchev–Trinajstić information content (AvgIpc) is 2.19. The number of carboxylic acids is 1. The van der Waals surface area contributed by atoms with Gasteiger partial charge >= 0.3 is 12.0 Å². The van der Waals surface area contributed by atoms with Gasteiger partial charge in [0.15, 0.2) is 0 Å². The number of carbonyl (C=O) groups is 2. The summed E-state index contributed by atoms with van der Waals surface area (Å²) in [5.74, 6) is -0.980. The monoisotopic (exact) mass is 348 g/mol. The maximum atomic E-state index is 11.8. The molecule has 0 aliphatic rings. The predicted octanol–water partition coefficient (Wildman–Crippen LogP) is 3.48. The van der Waals surface area contributed by atoms with Crippen LogP contribution in [0.4, 0.5) is 10.5 Å². The summed E-state index contributed by atoms with van der Waals surface area (Å²) in [4.78, 5) is 22.4. The Morgan fingerprint density at radius 1 is 1.42 bits per heavy atom. The summed E-state index contributed by atoms with van der Waals surface area (Å²) in [5, 5.41) is 14.3. The second kappa shape index (κ2) is 6.25. The summed E-state index contributed by atoms with van der Waals surface area (Å²) in [6, 6.07) is 4.54. The second-order valence-electron chi connectivity index (χ2n) is 4.66. The molecule has 0 atom stereocenters. The van der Waals surface area contributed by atoms with E-state index in [1.54, 1.807) is 32.0 Å². The van der Waals surface area contributed by atoms with Crippen LogP contribution in [0.2, 0.25) is 5.02 Å². The van der Waals surface area contributed by atoms with Crippen molar-refractivity contribution < 1.29 is 14.7 Å². The number of benzene rings is 1. The number of carboxylic acid groups (broad SMARTS) is 1. The summed E-state index contributed by atoms with van der Waals surface area (Å²) in [6.07, 6.45) is -0.172. The van der Waals surface area contributed by atoms with Crippen LogP contribution in [0, 0.1) is 0 Å². The van der Waals surface area contributed by atoms with E-state index in [9.17, 15) is 9.59 Å². The molecule has 0 spiro atoms. The van der Waals surface area contributed by atoms with E-state index in [4.69, 9.17) is 16.7 Å². The number of carbonyl (C=O) groups excluding carboxylic acids is 1. The molecule has 0 fully saturated rings. The quantitative estimate of drug-likeness (QED) is 0.778. The SMILES string of the molecule is CC(C)(CC(=O)O)NC(=O)Nc1ccc(Br)cc1Cl. The van der Waals surface area contributed by atoms with E-state index in [2.05, 4.69) is 26.6 Å². The fraction of sp³-hybridized carbons (Fsp3) is 0.333. The highest BCUT2D eigenvalue weighted by Gasteiger charge is 2.24. The second-order valence-corrected chi connectivity index (χ2v) is 5.98. The molecule has 0 radical (unpaired) electrons. The number of aliphatic carboxylic acids is 1. The minimum atomic E-state index is -0.980. The zero-order chi connectivity index (χ0) is 14.6. The molecular weight excluding hydrogens is 336 g/mol. The molecule has 3 N–H and O–H groups in total. The summed E-state index contributed by atoms with van der Waals surface area (Å²) in [7, 11) is 0. The van der Waals surface area contributed by atoms with Gasteiger partial charge in [0.2, 0.25) is 0 Å². The van der Waals surface area contributed by atoms with E-state index in [1.807, 2.05) is 0 Å². The molecule has 2 amide bonds. The van der Waals surface area contributed by atoms with E-state index in [1.165, 1.54) is 0 Å². The molecule has 0 saturated heterocycles. The minimum absolute atomic E-state index is 0.172. The first-order valence-electron chi connectivity index (χ1n) is 5.45. The van der Waals surface area contributed by atoms with Crippen LogP contribution >= 0.6 is 27.5 Å². The topological polar surface area (TPSA) is 78.4 Å². The maximum Gasteiger partial charge on any atom is 0.319 e. The van der Waals surface area contributed by atoms with Gasteiger partial charge < -0.3 is 15.7 Å².